The zero-order valence-corrected chi connectivity index (χ0v) is 19.7. The van der Waals surface area contributed by atoms with Crippen LogP contribution in [0.4, 0.5) is 10.1 Å². The fraction of sp³-hybridized carbons (Fsp3) is 0.296. The molecule has 0 amide bonds. The second kappa shape index (κ2) is 9.31. The molecular formula is C27H27FN2O3S. The van der Waals surface area contributed by atoms with E-state index in [1.54, 1.807) is 24.3 Å². The minimum atomic E-state index is -3.61. The number of Topliss-reactive ketones (excluding diaryl/α,β-unsaturated/α-hetero) is 1. The van der Waals surface area contributed by atoms with Gasteiger partial charge in [0.25, 0.3) is 10.0 Å². The number of halogens is 1. The van der Waals surface area contributed by atoms with Gasteiger partial charge in [0, 0.05) is 29.2 Å². The Hall–Kier alpha value is -3.03. The van der Waals surface area contributed by atoms with Crippen LogP contribution >= 0.6 is 0 Å². The van der Waals surface area contributed by atoms with Crippen molar-refractivity contribution in [3.63, 3.8) is 0 Å². The van der Waals surface area contributed by atoms with Crippen LogP contribution in [0.25, 0.3) is 11.1 Å². The number of likely N-dealkylation sites (tertiary alicyclic amines) is 1. The highest BCUT2D eigenvalue weighted by Gasteiger charge is 2.34. The Morgan fingerprint density at radius 1 is 0.853 bits per heavy atom. The van der Waals surface area contributed by atoms with E-state index in [1.165, 1.54) is 16.4 Å². The van der Waals surface area contributed by atoms with E-state index in [2.05, 4.69) is 4.90 Å². The number of sulfonamides is 1. The molecule has 0 spiro atoms. The van der Waals surface area contributed by atoms with Gasteiger partial charge < -0.3 is 4.90 Å². The Morgan fingerprint density at radius 2 is 1.50 bits per heavy atom. The fourth-order valence-corrected chi connectivity index (χ4v) is 6.76. The molecule has 0 aliphatic carbocycles. The van der Waals surface area contributed by atoms with Gasteiger partial charge in [-0.3, -0.25) is 9.10 Å². The van der Waals surface area contributed by atoms with Gasteiger partial charge in [-0.2, -0.15) is 0 Å². The van der Waals surface area contributed by atoms with Crippen molar-refractivity contribution in [3.05, 3.63) is 84.2 Å². The van der Waals surface area contributed by atoms with Gasteiger partial charge in [-0.05, 0) is 75.3 Å². The molecule has 7 heteroatoms. The molecule has 3 aromatic rings. The van der Waals surface area contributed by atoms with E-state index in [0.717, 1.165) is 49.3 Å². The van der Waals surface area contributed by atoms with Crippen LogP contribution in [-0.4, -0.2) is 45.3 Å². The molecule has 2 heterocycles. The Kier molecular flexibility index (Phi) is 6.23. The Morgan fingerprint density at radius 3 is 2.24 bits per heavy atom. The predicted molar refractivity (Wildman–Crippen MR) is 131 cm³/mol. The molecular weight excluding hydrogens is 451 g/mol. The number of rotatable bonds is 6. The quantitative estimate of drug-likeness (QED) is 0.469. The van der Waals surface area contributed by atoms with Crippen molar-refractivity contribution >= 4 is 21.5 Å². The molecule has 5 rings (SSSR count). The van der Waals surface area contributed by atoms with Crippen LogP contribution in [0.2, 0.25) is 0 Å². The maximum atomic E-state index is 13.4. The number of carbonyl (C=O) groups is 1. The molecule has 1 fully saturated rings. The van der Waals surface area contributed by atoms with E-state index < -0.39 is 10.0 Å². The van der Waals surface area contributed by atoms with E-state index in [-0.39, 0.29) is 17.5 Å². The first-order valence-corrected chi connectivity index (χ1v) is 13.1. The lowest BCUT2D eigenvalue weighted by Gasteiger charge is -2.34. The van der Waals surface area contributed by atoms with E-state index in [1.807, 2.05) is 36.4 Å². The molecule has 2 aliphatic rings. The van der Waals surface area contributed by atoms with Gasteiger partial charge in [0.2, 0.25) is 0 Å². The number of anilines is 1. The Balaban J connectivity index is 1.21. The lowest BCUT2D eigenvalue weighted by molar-refractivity contribution is 0.0840. The summed E-state index contributed by atoms with van der Waals surface area (Å²) in [5.41, 5.74) is 2.98. The Bertz CT molecular complexity index is 1300. The SMILES string of the molecule is O=C(c1ccc(F)cc1)C1CCN(CCCN2c3ccccc3-c3ccccc3S2(=O)=O)CC1. The minimum absolute atomic E-state index is 0.0486. The van der Waals surface area contributed by atoms with Crippen LogP contribution < -0.4 is 4.31 Å². The summed E-state index contributed by atoms with van der Waals surface area (Å²) in [4.78, 5) is 15.4. The number of para-hydroxylation sites is 1. The predicted octanol–water partition coefficient (Wildman–Crippen LogP) is 4.99. The van der Waals surface area contributed by atoms with Crippen molar-refractivity contribution in [2.24, 2.45) is 5.92 Å². The third kappa shape index (κ3) is 4.26. The molecule has 1 saturated heterocycles. The molecule has 0 atom stereocenters. The van der Waals surface area contributed by atoms with Gasteiger partial charge in [-0.1, -0.05) is 36.4 Å². The number of fused-ring (bicyclic) bond motifs is 3. The van der Waals surface area contributed by atoms with Gasteiger partial charge in [-0.25, -0.2) is 12.8 Å². The number of benzene rings is 3. The summed E-state index contributed by atoms with van der Waals surface area (Å²) >= 11 is 0. The van der Waals surface area contributed by atoms with Crippen LogP contribution in [0.1, 0.15) is 29.6 Å². The number of hydrogen-bond acceptors (Lipinski definition) is 4. The molecule has 5 nitrogen and oxygen atoms in total. The van der Waals surface area contributed by atoms with Crippen LogP contribution in [0, 0.1) is 11.7 Å². The van der Waals surface area contributed by atoms with Crippen molar-refractivity contribution in [2.45, 2.75) is 24.2 Å². The normalized spacial score (nSPS) is 17.7. The van der Waals surface area contributed by atoms with Crippen LogP contribution in [0.3, 0.4) is 0 Å². The van der Waals surface area contributed by atoms with Gasteiger partial charge in [0.1, 0.15) is 5.82 Å². The lowest BCUT2D eigenvalue weighted by atomic mass is 9.89. The lowest BCUT2D eigenvalue weighted by Crippen LogP contribution is -2.39. The van der Waals surface area contributed by atoms with E-state index in [4.69, 9.17) is 0 Å². The maximum absolute atomic E-state index is 13.4. The zero-order chi connectivity index (χ0) is 23.7. The summed E-state index contributed by atoms with van der Waals surface area (Å²) in [6.45, 7) is 2.77. The molecule has 2 aliphatic heterocycles. The second-order valence-electron chi connectivity index (χ2n) is 8.93. The number of piperidine rings is 1. The molecule has 0 saturated carbocycles. The number of nitrogens with zero attached hydrogens (tertiary/aromatic N) is 2. The van der Waals surface area contributed by atoms with Gasteiger partial charge in [0.05, 0.1) is 10.6 Å². The van der Waals surface area contributed by atoms with Crippen molar-refractivity contribution in [1.29, 1.82) is 0 Å². The molecule has 0 aromatic heterocycles. The fourth-order valence-electron chi connectivity index (χ4n) is 5.03. The standard InChI is InChI=1S/C27H27FN2O3S/c28-22-12-10-20(11-13-22)27(31)21-14-18-29(19-15-21)16-5-17-30-25-8-3-1-6-23(25)24-7-2-4-9-26(24)34(30,32)33/h1-4,6-13,21H,5,14-19H2. The summed E-state index contributed by atoms with van der Waals surface area (Å²) in [7, 11) is -3.61. The van der Waals surface area contributed by atoms with Crippen molar-refractivity contribution < 1.29 is 17.6 Å². The van der Waals surface area contributed by atoms with E-state index in [9.17, 15) is 17.6 Å². The number of ketones is 1. The van der Waals surface area contributed by atoms with Gasteiger partial charge >= 0.3 is 0 Å². The average molecular weight is 479 g/mol. The summed E-state index contributed by atoms with van der Waals surface area (Å²) in [6, 6.07) is 20.6. The first-order valence-electron chi connectivity index (χ1n) is 11.7. The van der Waals surface area contributed by atoms with Crippen LogP contribution in [0.5, 0.6) is 0 Å². The van der Waals surface area contributed by atoms with Crippen LogP contribution in [0.15, 0.2) is 77.7 Å². The number of carbonyl (C=O) groups excluding carboxylic acids is 1. The first kappa shape index (κ1) is 22.7. The third-order valence-electron chi connectivity index (χ3n) is 6.84. The maximum Gasteiger partial charge on any atom is 0.264 e. The highest BCUT2D eigenvalue weighted by molar-refractivity contribution is 7.93. The van der Waals surface area contributed by atoms with Crippen LogP contribution in [-0.2, 0) is 10.0 Å². The minimum Gasteiger partial charge on any atom is -0.303 e. The van der Waals surface area contributed by atoms with E-state index in [0.29, 0.717) is 23.4 Å². The summed E-state index contributed by atoms with van der Waals surface area (Å²) in [5.74, 6) is -0.310. The Labute approximate surface area is 199 Å². The highest BCUT2D eigenvalue weighted by atomic mass is 32.2. The van der Waals surface area contributed by atoms with Crippen molar-refractivity contribution in [2.75, 3.05) is 30.5 Å². The molecule has 0 radical (unpaired) electrons. The molecule has 3 aromatic carbocycles. The zero-order valence-electron chi connectivity index (χ0n) is 18.9. The van der Waals surface area contributed by atoms with Crippen molar-refractivity contribution in [3.8, 4) is 11.1 Å². The molecule has 0 unspecified atom stereocenters. The smallest absolute Gasteiger partial charge is 0.264 e. The summed E-state index contributed by atoms with van der Waals surface area (Å²) in [6.07, 6.45) is 2.22. The highest BCUT2D eigenvalue weighted by Crippen LogP contribution is 2.42. The molecule has 0 N–H and O–H groups in total. The first-order chi connectivity index (χ1) is 16.4. The summed E-state index contributed by atoms with van der Waals surface area (Å²) < 4.78 is 41.4. The van der Waals surface area contributed by atoms with Gasteiger partial charge in [0.15, 0.2) is 5.78 Å². The van der Waals surface area contributed by atoms with Crippen molar-refractivity contribution in [1.82, 2.24) is 4.90 Å². The van der Waals surface area contributed by atoms with E-state index >= 15 is 0 Å². The average Bonchev–Trinajstić information content (AvgIpc) is 2.86. The van der Waals surface area contributed by atoms with Gasteiger partial charge in [-0.15, -0.1) is 0 Å². The number of hydrogen-bond donors (Lipinski definition) is 0. The second-order valence-corrected chi connectivity index (χ2v) is 10.8. The molecule has 34 heavy (non-hydrogen) atoms. The monoisotopic (exact) mass is 478 g/mol. The molecule has 0 bridgehead atoms. The molecule has 176 valence electrons. The summed E-state index contributed by atoms with van der Waals surface area (Å²) in [5, 5.41) is 0. The largest absolute Gasteiger partial charge is 0.303 e. The third-order valence-corrected chi connectivity index (χ3v) is 8.71. The topological polar surface area (TPSA) is 57.7 Å².